The Hall–Kier alpha value is -2.01. The fourth-order valence-corrected chi connectivity index (χ4v) is 2.14. The molecule has 2 aromatic heterocycles. The van der Waals surface area contributed by atoms with Crippen molar-refractivity contribution < 1.29 is 0 Å². The summed E-state index contributed by atoms with van der Waals surface area (Å²) in [6.45, 7) is 0. The molecule has 0 radical (unpaired) electrons. The van der Waals surface area contributed by atoms with Gasteiger partial charge in [-0.25, -0.2) is 0 Å². The minimum absolute atomic E-state index is 0.475. The molecule has 0 saturated carbocycles. The molecule has 0 unspecified atom stereocenters. The van der Waals surface area contributed by atoms with Crippen molar-refractivity contribution in [2.24, 2.45) is 7.05 Å². The standard InChI is InChI=1S/C11H10ClN5/c1-17-9-4-6(8-5-10(13)15-14-8)2-3-7(9)11(12)16-17/h2-5H,1H3,(H3,13,14,15). The lowest BCUT2D eigenvalue weighted by Crippen LogP contribution is -1.89. The van der Waals surface area contributed by atoms with Gasteiger partial charge in [0.15, 0.2) is 5.15 Å². The first-order chi connectivity index (χ1) is 8.15. The van der Waals surface area contributed by atoms with Crippen LogP contribution in [-0.2, 0) is 7.05 Å². The summed E-state index contributed by atoms with van der Waals surface area (Å²) < 4.78 is 1.75. The average Bonchev–Trinajstić information content (AvgIpc) is 2.85. The second kappa shape index (κ2) is 3.49. The van der Waals surface area contributed by atoms with Crippen LogP contribution in [0.5, 0.6) is 0 Å². The molecular weight excluding hydrogens is 238 g/mol. The molecule has 0 saturated heterocycles. The second-order valence-electron chi connectivity index (χ2n) is 3.85. The Balaban J connectivity index is 2.22. The van der Waals surface area contributed by atoms with Gasteiger partial charge in [0.05, 0.1) is 11.2 Å². The number of H-pyrrole nitrogens is 1. The van der Waals surface area contributed by atoms with Crippen molar-refractivity contribution in [2.75, 3.05) is 5.73 Å². The van der Waals surface area contributed by atoms with Crippen molar-refractivity contribution in [3.8, 4) is 11.3 Å². The fourth-order valence-electron chi connectivity index (χ4n) is 1.87. The zero-order valence-corrected chi connectivity index (χ0v) is 9.86. The van der Waals surface area contributed by atoms with Crippen LogP contribution in [-0.4, -0.2) is 20.0 Å². The molecular formula is C11H10ClN5. The van der Waals surface area contributed by atoms with Crippen LogP contribution >= 0.6 is 11.6 Å². The number of halogens is 1. The monoisotopic (exact) mass is 247 g/mol. The van der Waals surface area contributed by atoms with E-state index in [-0.39, 0.29) is 0 Å². The Labute approximate surface area is 102 Å². The number of nitrogens with zero attached hydrogens (tertiary/aromatic N) is 3. The van der Waals surface area contributed by atoms with Gasteiger partial charge < -0.3 is 5.73 Å². The van der Waals surface area contributed by atoms with Gasteiger partial charge in [0.1, 0.15) is 5.82 Å². The summed E-state index contributed by atoms with van der Waals surface area (Å²) in [6, 6.07) is 7.69. The van der Waals surface area contributed by atoms with Crippen LogP contribution in [0.4, 0.5) is 5.82 Å². The molecule has 0 aliphatic heterocycles. The minimum Gasteiger partial charge on any atom is -0.382 e. The van der Waals surface area contributed by atoms with E-state index in [4.69, 9.17) is 17.3 Å². The van der Waals surface area contributed by atoms with E-state index in [0.29, 0.717) is 11.0 Å². The number of aryl methyl sites for hydroxylation is 1. The normalized spacial score (nSPS) is 11.2. The predicted octanol–water partition coefficient (Wildman–Crippen LogP) is 2.20. The van der Waals surface area contributed by atoms with E-state index < -0.39 is 0 Å². The minimum atomic E-state index is 0.475. The summed E-state index contributed by atoms with van der Waals surface area (Å²) in [5.41, 5.74) is 8.43. The highest BCUT2D eigenvalue weighted by Gasteiger charge is 2.08. The van der Waals surface area contributed by atoms with Gasteiger partial charge in [-0.05, 0) is 12.1 Å². The fraction of sp³-hybridized carbons (Fsp3) is 0.0909. The lowest BCUT2D eigenvalue weighted by molar-refractivity contribution is 0.797. The topological polar surface area (TPSA) is 72.5 Å². The van der Waals surface area contributed by atoms with Crippen molar-refractivity contribution in [1.82, 2.24) is 20.0 Å². The molecule has 0 fully saturated rings. The molecule has 0 amide bonds. The molecule has 0 aliphatic carbocycles. The first-order valence-electron chi connectivity index (χ1n) is 5.08. The first kappa shape index (κ1) is 10.2. The Morgan fingerprint density at radius 3 is 2.88 bits per heavy atom. The third-order valence-corrected chi connectivity index (χ3v) is 2.99. The van der Waals surface area contributed by atoms with Crippen LogP contribution in [0.3, 0.4) is 0 Å². The number of anilines is 1. The number of hydrogen-bond acceptors (Lipinski definition) is 3. The van der Waals surface area contributed by atoms with E-state index in [1.807, 2.05) is 25.2 Å². The maximum Gasteiger partial charge on any atom is 0.158 e. The van der Waals surface area contributed by atoms with Gasteiger partial charge in [-0.15, -0.1) is 0 Å². The van der Waals surface area contributed by atoms with E-state index in [0.717, 1.165) is 22.2 Å². The highest BCUT2D eigenvalue weighted by Crippen LogP contribution is 2.27. The van der Waals surface area contributed by atoms with Gasteiger partial charge in [-0.2, -0.15) is 10.2 Å². The maximum absolute atomic E-state index is 6.01. The van der Waals surface area contributed by atoms with E-state index in [9.17, 15) is 0 Å². The van der Waals surface area contributed by atoms with E-state index in [2.05, 4.69) is 15.3 Å². The van der Waals surface area contributed by atoms with Crippen molar-refractivity contribution >= 4 is 28.3 Å². The Morgan fingerprint density at radius 2 is 2.18 bits per heavy atom. The maximum atomic E-state index is 6.01. The summed E-state index contributed by atoms with van der Waals surface area (Å²) in [5.74, 6) is 0.475. The van der Waals surface area contributed by atoms with Crippen LogP contribution in [0.1, 0.15) is 0 Å². The van der Waals surface area contributed by atoms with Gasteiger partial charge in [-0.3, -0.25) is 9.78 Å². The van der Waals surface area contributed by atoms with Crippen molar-refractivity contribution in [3.63, 3.8) is 0 Å². The highest BCUT2D eigenvalue weighted by atomic mass is 35.5. The highest BCUT2D eigenvalue weighted by molar-refractivity contribution is 6.34. The molecule has 5 nitrogen and oxygen atoms in total. The van der Waals surface area contributed by atoms with Crippen LogP contribution in [0.25, 0.3) is 22.2 Å². The SMILES string of the molecule is Cn1nc(Cl)c2ccc(-c3cc(N)n[nH]3)cc21. The second-order valence-corrected chi connectivity index (χ2v) is 4.21. The van der Waals surface area contributed by atoms with Crippen LogP contribution in [0.2, 0.25) is 5.15 Å². The number of nitrogens with two attached hydrogens (primary N) is 1. The van der Waals surface area contributed by atoms with Gasteiger partial charge in [0.25, 0.3) is 0 Å². The number of benzene rings is 1. The molecule has 0 atom stereocenters. The Kier molecular flexibility index (Phi) is 2.09. The van der Waals surface area contributed by atoms with Gasteiger partial charge in [0.2, 0.25) is 0 Å². The van der Waals surface area contributed by atoms with Crippen LogP contribution in [0, 0.1) is 0 Å². The number of nitrogens with one attached hydrogen (secondary N) is 1. The Bertz CT molecular complexity index is 697. The lowest BCUT2D eigenvalue weighted by Gasteiger charge is -1.99. The van der Waals surface area contributed by atoms with Gasteiger partial charge in [0, 0.05) is 24.1 Å². The summed E-state index contributed by atoms with van der Waals surface area (Å²) in [6.07, 6.45) is 0. The molecule has 3 rings (SSSR count). The molecule has 2 heterocycles. The summed E-state index contributed by atoms with van der Waals surface area (Å²) >= 11 is 6.01. The third-order valence-electron chi connectivity index (χ3n) is 2.72. The molecule has 0 aliphatic rings. The zero-order chi connectivity index (χ0) is 12.0. The number of rotatable bonds is 1. The van der Waals surface area contributed by atoms with Gasteiger partial charge >= 0.3 is 0 Å². The third kappa shape index (κ3) is 1.55. The summed E-state index contributed by atoms with van der Waals surface area (Å²) in [5, 5.41) is 12.4. The Morgan fingerprint density at radius 1 is 1.35 bits per heavy atom. The smallest absolute Gasteiger partial charge is 0.158 e. The lowest BCUT2D eigenvalue weighted by atomic mass is 10.1. The van der Waals surface area contributed by atoms with E-state index in [1.165, 1.54) is 0 Å². The molecule has 1 aromatic carbocycles. The van der Waals surface area contributed by atoms with Crippen molar-refractivity contribution in [2.45, 2.75) is 0 Å². The van der Waals surface area contributed by atoms with Gasteiger partial charge in [-0.1, -0.05) is 17.7 Å². The molecule has 86 valence electrons. The number of fused-ring (bicyclic) bond motifs is 1. The number of nitrogen functional groups attached to an aromatic ring is 1. The number of hydrogen-bond donors (Lipinski definition) is 2. The molecule has 6 heteroatoms. The van der Waals surface area contributed by atoms with Crippen molar-refractivity contribution in [3.05, 3.63) is 29.4 Å². The summed E-state index contributed by atoms with van der Waals surface area (Å²) in [7, 11) is 1.86. The summed E-state index contributed by atoms with van der Waals surface area (Å²) in [4.78, 5) is 0. The largest absolute Gasteiger partial charge is 0.382 e. The van der Waals surface area contributed by atoms with Crippen molar-refractivity contribution in [1.29, 1.82) is 0 Å². The first-order valence-corrected chi connectivity index (χ1v) is 5.46. The zero-order valence-electron chi connectivity index (χ0n) is 9.11. The molecule has 3 N–H and O–H groups in total. The molecule has 0 spiro atoms. The quantitative estimate of drug-likeness (QED) is 0.692. The van der Waals surface area contributed by atoms with Crippen LogP contribution < -0.4 is 5.73 Å². The van der Waals surface area contributed by atoms with Crippen LogP contribution in [0.15, 0.2) is 24.3 Å². The predicted molar refractivity (Wildman–Crippen MR) is 67.7 cm³/mol. The number of aromatic amines is 1. The number of aromatic nitrogens is 4. The van der Waals surface area contributed by atoms with E-state index in [1.54, 1.807) is 10.7 Å². The molecule has 0 bridgehead atoms. The molecule has 3 aromatic rings. The molecule has 17 heavy (non-hydrogen) atoms. The van der Waals surface area contributed by atoms with E-state index >= 15 is 0 Å². The average molecular weight is 248 g/mol.